The molecule has 98 valence electrons. The van der Waals surface area contributed by atoms with Crippen molar-refractivity contribution in [2.45, 2.75) is 51.7 Å². The van der Waals surface area contributed by atoms with Gasteiger partial charge in [-0.25, -0.2) is 0 Å². The third-order valence-corrected chi connectivity index (χ3v) is 2.56. The number of carbonyl (C=O) groups is 2. The van der Waals surface area contributed by atoms with E-state index in [1.807, 2.05) is 0 Å². The average molecular weight is 242 g/mol. The Hall–Kier alpha value is -1.10. The summed E-state index contributed by atoms with van der Waals surface area (Å²) < 4.78 is 5.19. The largest absolute Gasteiger partial charge is 0.459 e. The van der Waals surface area contributed by atoms with Gasteiger partial charge >= 0.3 is 5.97 Å². The van der Waals surface area contributed by atoms with Gasteiger partial charge in [-0.1, -0.05) is 0 Å². The monoisotopic (exact) mass is 242 g/mol. The van der Waals surface area contributed by atoms with E-state index in [0.717, 1.165) is 12.8 Å². The van der Waals surface area contributed by atoms with Crippen LogP contribution in [0.15, 0.2) is 0 Å². The number of likely N-dealkylation sites (tertiary alicyclic amines) is 1. The molecule has 0 aromatic rings. The Balaban J connectivity index is 2.54. The molecule has 1 atom stereocenters. The van der Waals surface area contributed by atoms with Gasteiger partial charge in [0.05, 0.1) is 6.04 Å². The van der Waals surface area contributed by atoms with Crippen molar-refractivity contribution in [3.05, 3.63) is 0 Å². The summed E-state index contributed by atoms with van der Waals surface area (Å²) in [6.45, 7) is 6.01. The molecule has 1 fully saturated rings. The fourth-order valence-corrected chi connectivity index (χ4v) is 1.82. The van der Waals surface area contributed by atoms with Crippen LogP contribution >= 0.6 is 0 Å². The molecule has 1 heterocycles. The van der Waals surface area contributed by atoms with Crippen molar-refractivity contribution in [3.63, 3.8) is 0 Å². The maximum atomic E-state index is 11.8. The van der Waals surface area contributed by atoms with E-state index in [9.17, 15) is 9.59 Å². The predicted octanol–water partition coefficient (Wildman–Crippen LogP) is 0.668. The normalized spacial score (nSPS) is 22.2. The zero-order valence-corrected chi connectivity index (χ0v) is 10.9. The minimum absolute atomic E-state index is 0.00377. The molecule has 1 aliphatic rings. The lowest BCUT2D eigenvalue weighted by atomic mass is 10.1. The number of esters is 1. The zero-order chi connectivity index (χ0) is 13.1. The van der Waals surface area contributed by atoms with Crippen LogP contribution in [0.4, 0.5) is 0 Å². The second-order valence-corrected chi connectivity index (χ2v) is 5.45. The van der Waals surface area contributed by atoms with Crippen LogP contribution in [-0.2, 0) is 14.3 Å². The first kappa shape index (κ1) is 14.0. The minimum atomic E-state index is -0.520. The van der Waals surface area contributed by atoms with E-state index in [0.29, 0.717) is 13.0 Å². The number of hydrogen-bond donors (Lipinski definition) is 1. The van der Waals surface area contributed by atoms with Gasteiger partial charge < -0.3 is 15.4 Å². The van der Waals surface area contributed by atoms with Crippen LogP contribution in [0.3, 0.4) is 0 Å². The van der Waals surface area contributed by atoms with Crippen molar-refractivity contribution >= 4 is 11.9 Å². The van der Waals surface area contributed by atoms with E-state index in [2.05, 4.69) is 0 Å². The third-order valence-electron chi connectivity index (χ3n) is 2.56. The Morgan fingerprint density at radius 1 is 1.47 bits per heavy atom. The van der Waals surface area contributed by atoms with Gasteiger partial charge in [0.1, 0.15) is 12.1 Å². The molecule has 1 aliphatic heterocycles. The standard InChI is InChI=1S/C12H22N2O3/c1-12(2,3)17-10(15)8-14-7-5-4-6-9(13)11(14)16/h9H,4-8,13H2,1-3H3/t9-/m1/s1. The average Bonchev–Trinajstić information content (AvgIpc) is 2.30. The number of rotatable bonds is 2. The second-order valence-electron chi connectivity index (χ2n) is 5.45. The van der Waals surface area contributed by atoms with Crippen LogP contribution in [0, 0.1) is 0 Å². The molecule has 17 heavy (non-hydrogen) atoms. The smallest absolute Gasteiger partial charge is 0.326 e. The molecule has 2 N–H and O–H groups in total. The lowest BCUT2D eigenvalue weighted by Crippen LogP contribution is -2.45. The number of ether oxygens (including phenoxy) is 1. The number of nitrogens with zero attached hydrogens (tertiary/aromatic N) is 1. The Labute approximate surface area is 102 Å². The van der Waals surface area contributed by atoms with E-state index in [1.54, 1.807) is 20.8 Å². The van der Waals surface area contributed by atoms with Crippen LogP contribution in [0.1, 0.15) is 40.0 Å². The fraction of sp³-hybridized carbons (Fsp3) is 0.833. The molecular formula is C12H22N2O3. The lowest BCUT2D eigenvalue weighted by Gasteiger charge is -2.25. The summed E-state index contributed by atoms with van der Waals surface area (Å²) in [5.41, 5.74) is 5.21. The highest BCUT2D eigenvalue weighted by Crippen LogP contribution is 2.12. The molecular weight excluding hydrogens is 220 g/mol. The number of hydrogen-bond acceptors (Lipinski definition) is 4. The van der Waals surface area contributed by atoms with Gasteiger partial charge in [-0.05, 0) is 40.0 Å². The van der Waals surface area contributed by atoms with Gasteiger partial charge in [0.2, 0.25) is 5.91 Å². The van der Waals surface area contributed by atoms with Crippen molar-refractivity contribution in [1.29, 1.82) is 0 Å². The topological polar surface area (TPSA) is 72.6 Å². The van der Waals surface area contributed by atoms with Crippen LogP contribution in [-0.4, -0.2) is 41.5 Å². The maximum absolute atomic E-state index is 11.8. The highest BCUT2D eigenvalue weighted by atomic mass is 16.6. The van der Waals surface area contributed by atoms with Crippen LogP contribution in [0.5, 0.6) is 0 Å². The molecule has 1 saturated heterocycles. The molecule has 0 radical (unpaired) electrons. The molecule has 0 spiro atoms. The summed E-state index contributed by atoms with van der Waals surface area (Å²) >= 11 is 0. The SMILES string of the molecule is CC(C)(C)OC(=O)CN1CCCC[C@@H](N)C1=O. The van der Waals surface area contributed by atoms with Crippen LogP contribution in [0.2, 0.25) is 0 Å². The predicted molar refractivity (Wildman–Crippen MR) is 64.3 cm³/mol. The van der Waals surface area contributed by atoms with Crippen molar-refractivity contribution in [2.24, 2.45) is 5.73 Å². The zero-order valence-electron chi connectivity index (χ0n) is 10.9. The van der Waals surface area contributed by atoms with Crippen molar-refractivity contribution in [1.82, 2.24) is 4.90 Å². The molecule has 0 unspecified atom stereocenters. The Kier molecular flexibility index (Phi) is 4.51. The quantitative estimate of drug-likeness (QED) is 0.722. The number of nitrogens with two attached hydrogens (primary N) is 1. The van der Waals surface area contributed by atoms with Crippen LogP contribution in [0.25, 0.3) is 0 Å². The molecule has 0 bridgehead atoms. The maximum Gasteiger partial charge on any atom is 0.326 e. The van der Waals surface area contributed by atoms with Gasteiger partial charge in [0, 0.05) is 6.54 Å². The fourth-order valence-electron chi connectivity index (χ4n) is 1.82. The Bertz CT molecular complexity index is 297. The van der Waals surface area contributed by atoms with Gasteiger partial charge in [0.15, 0.2) is 0 Å². The molecule has 5 nitrogen and oxygen atoms in total. The minimum Gasteiger partial charge on any atom is -0.459 e. The Morgan fingerprint density at radius 2 is 2.12 bits per heavy atom. The summed E-state index contributed by atoms with van der Waals surface area (Å²) in [6.07, 6.45) is 2.52. The van der Waals surface area contributed by atoms with Crippen molar-refractivity contribution < 1.29 is 14.3 Å². The van der Waals surface area contributed by atoms with Gasteiger partial charge in [0.25, 0.3) is 0 Å². The molecule has 0 aromatic carbocycles. The van der Waals surface area contributed by atoms with Gasteiger partial charge in [-0.2, -0.15) is 0 Å². The van der Waals surface area contributed by atoms with E-state index < -0.39 is 11.6 Å². The number of carbonyl (C=O) groups excluding carboxylic acids is 2. The van der Waals surface area contributed by atoms with Crippen molar-refractivity contribution in [2.75, 3.05) is 13.1 Å². The van der Waals surface area contributed by atoms with Crippen LogP contribution < -0.4 is 5.73 Å². The summed E-state index contributed by atoms with van der Waals surface area (Å²) in [4.78, 5) is 25.0. The highest BCUT2D eigenvalue weighted by molar-refractivity contribution is 5.85. The van der Waals surface area contributed by atoms with Gasteiger partial charge in [-0.15, -0.1) is 0 Å². The first-order valence-corrected chi connectivity index (χ1v) is 6.06. The molecule has 0 aromatic heterocycles. The second kappa shape index (κ2) is 5.49. The molecule has 0 saturated carbocycles. The first-order chi connectivity index (χ1) is 7.79. The van der Waals surface area contributed by atoms with E-state index in [4.69, 9.17) is 10.5 Å². The summed E-state index contributed by atoms with van der Waals surface area (Å²) in [7, 11) is 0. The molecule has 5 heteroatoms. The van der Waals surface area contributed by atoms with Gasteiger partial charge in [-0.3, -0.25) is 9.59 Å². The summed E-state index contributed by atoms with van der Waals surface area (Å²) in [6, 6.07) is -0.472. The van der Waals surface area contributed by atoms with Crippen molar-refractivity contribution in [3.8, 4) is 0 Å². The van der Waals surface area contributed by atoms with E-state index in [1.165, 1.54) is 4.90 Å². The van der Waals surface area contributed by atoms with E-state index >= 15 is 0 Å². The number of amides is 1. The molecule has 0 aliphatic carbocycles. The molecule has 1 rings (SSSR count). The highest BCUT2D eigenvalue weighted by Gasteiger charge is 2.27. The summed E-state index contributed by atoms with van der Waals surface area (Å²) in [5, 5.41) is 0. The Morgan fingerprint density at radius 3 is 2.71 bits per heavy atom. The lowest BCUT2D eigenvalue weighted by molar-refractivity contribution is -0.158. The first-order valence-electron chi connectivity index (χ1n) is 6.06. The van der Waals surface area contributed by atoms with E-state index in [-0.39, 0.29) is 18.4 Å². The molecule has 1 amide bonds. The summed E-state index contributed by atoms with van der Waals surface area (Å²) in [5.74, 6) is -0.520. The third kappa shape index (κ3) is 4.73.